The van der Waals surface area contributed by atoms with Crippen molar-refractivity contribution in [2.24, 2.45) is 0 Å². The van der Waals surface area contributed by atoms with Crippen LogP contribution in [-0.4, -0.2) is 55.3 Å². The van der Waals surface area contributed by atoms with Crippen LogP contribution in [0, 0.1) is 0 Å². The summed E-state index contributed by atoms with van der Waals surface area (Å²) in [7, 11) is 2.86. The molecule has 120 valence electrons. The van der Waals surface area contributed by atoms with Crippen LogP contribution in [0.1, 0.15) is 6.42 Å². The molecular weight excluding hydrogens is 306 g/mol. The summed E-state index contributed by atoms with van der Waals surface area (Å²) in [4.78, 5) is 25.0. The Labute approximate surface area is 133 Å². The molecule has 1 fully saturated rings. The zero-order chi connectivity index (χ0) is 15.9. The number of carbonyl (C=O) groups excluding carboxylic acids is 2. The van der Waals surface area contributed by atoms with Gasteiger partial charge < -0.3 is 19.1 Å². The van der Waals surface area contributed by atoms with E-state index in [1.54, 1.807) is 23.8 Å². The van der Waals surface area contributed by atoms with Gasteiger partial charge in [0.1, 0.15) is 18.4 Å². The lowest BCUT2D eigenvalue weighted by molar-refractivity contribution is -0.147. The first kappa shape index (κ1) is 16.5. The summed E-state index contributed by atoms with van der Waals surface area (Å²) in [6, 6.07) is 7.36. The monoisotopic (exact) mass is 325 g/mol. The van der Waals surface area contributed by atoms with Crippen LogP contribution >= 0.6 is 11.8 Å². The first-order valence-electron chi connectivity index (χ1n) is 6.89. The normalized spacial score (nSPS) is 17.2. The van der Waals surface area contributed by atoms with Crippen molar-refractivity contribution in [2.45, 2.75) is 11.8 Å². The number of thioether (sulfide) groups is 1. The smallest absolute Gasteiger partial charge is 0.315 e. The molecule has 1 aliphatic heterocycles. The van der Waals surface area contributed by atoms with E-state index in [9.17, 15) is 9.59 Å². The number of amides is 1. The molecule has 0 aromatic heterocycles. The Morgan fingerprint density at radius 1 is 1.27 bits per heavy atom. The van der Waals surface area contributed by atoms with Gasteiger partial charge in [-0.05, 0) is 12.1 Å². The minimum absolute atomic E-state index is 0.109. The maximum Gasteiger partial charge on any atom is 0.315 e. The molecule has 1 aromatic rings. The van der Waals surface area contributed by atoms with Crippen molar-refractivity contribution in [3.05, 3.63) is 24.3 Å². The molecule has 1 aliphatic rings. The second kappa shape index (κ2) is 7.93. The van der Waals surface area contributed by atoms with Gasteiger partial charge in [0.15, 0.2) is 11.5 Å². The Kier molecular flexibility index (Phi) is 5.94. The highest BCUT2D eigenvalue weighted by Gasteiger charge is 2.31. The van der Waals surface area contributed by atoms with Crippen molar-refractivity contribution in [3.63, 3.8) is 0 Å². The van der Waals surface area contributed by atoms with E-state index in [1.807, 2.05) is 24.3 Å². The predicted molar refractivity (Wildman–Crippen MR) is 83.1 cm³/mol. The predicted octanol–water partition coefficient (Wildman–Crippen LogP) is 1.54. The number of esters is 1. The van der Waals surface area contributed by atoms with Gasteiger partial charge in [0.05, 0.1) is 14.2 Å². The molecule has 2 rings (SSSR count). The zero-order valence-corrected chi connectivity index (χ0v) is 13.4. The van der Waals surface area contributed by atoms with Crippen molar-refractivity contribution < 1.29 is 23.8 Å². The second-order valence-corrected chi connectivity index (χ2v) is 5.91. The molecule has 0 saturated carbocycles. The van der Waals surface area contributed by atoms with Crippen molar-refractivity contribution in [1.29, 1.82) is 0 Å². The largest absolute Gasteiger partial charge is 0.493 e. The van der Waals surface area contributed by atoms with E-state index < -0.39 is 5.97 Å². The molecule has 0 N–H and O–H groups in total. The van der Waals surface area contributed by atoms with Gasteiger partial charge in [0, 0.05) is 12.3 Å². The first-order chi connectivity index (χ1) is 10.7. The molecular formula is C15H19NO5S. The molecule has 1 atom stereocenters. The van der Waals surface area contributed by atoms with Crippen LogP contribution in [-0.2, 0) is 14.3 Å². The molecule has 0 radical (unpaired) electrons. The number of carbonyl (C=O) groups is 2. The van der Waals surface area contributed by atoms with Crippen LogP contribution in [0.3, 0.4) is 0 Å². The van der Waals surface area contributed by atoms with Gasteiger partial charge in [-0.25, -0.2) is 0 Å². The topological polar surface area (TPSA) is 65.1 Å². The average molecular weight is 325 g/mol. The van der Waals surface area contributed by atoms with E-state index in [0.717, 1.165) is 5.75 Å². The van der Waals surface area contributed by atoms with Crippen molar-refractivity contribution >= 4 is 23.6 Å². The minimum atomic E-state index is -0.522. The summed E-state index contributed by atoms with van der Waals surface area (Å²) >= 11 is 1.63. The lowest BCUT2D eigenvalue weighted by Gasteiger charge is -2.23. The van der Waals surface area contributed by atoms with E-state index in [1.165, 1.54) is 7.11 Å². The second-order valence-electron chi connectivity index (χ2n) is 4.63. The van der Waals surface area contributed by atoms with E-state index in [2.05, 4.69) is 4.74 Å². The number of benzene rings is 1. The lowest BCUT2D eigenvalue weighted by atomic mass is 10.3. The summed E-state index contributed by atoms with van der Waals surface area (Å²) in [5.41, 5.74) is 0. The van der Waals surface area contributed by atoms with Crippen molar-refractivity contribution in [3.8, 4) is 11.5 Å². The lowest BCUT2D eigenvalue weighted by Crippen LogP contribution is -2.39. The van der Waals surface area contributed by atoms with E-state index in [-0.39, 0.29) is 17.7 Å². The SMILES string of the molecule is COC(=O)CC(=O)N1CCSC1COc1ccccc1OC. The highest BCUT2D eigenvalue weighted by Crippen LogP contribution is 2.29. The Hall–Kier alpha value is -1.89. The van der Waals surface area contributed by atoms with Gasteiger partial charge in [-0.1, -0.05) is 12.1 Å². The fraction of sp³-hybridized carbons (Fsp3) is 0.467. The number of ether oxygens (including phenoxy) is 3. The van der Waals surface area contributed by atoms with Crippen LogP contribution < -0.4 is 9.47 Å². The number of methoxy groups -OCH3 is 2. The minimum Gasteiger partial charge on any atom is -0.493 e. The molecule has 7 heteroatoms. The quantitative estimate of drug-likeness (QED) is 0.584. The van der Waals surface area contributed by atoms with Gasteiger partial charge in [-0.3, -0.25) is 9.59 Å². The van der Waals surface area contributed by atoms with E-state index in [0.29, 0.717) is 24.7 Å². The summed E-state index contributed by atoms with van der Waals surface area (Å²) in [5, 5.41) is -0.109. The number of hydrogen-bond acceptors (Lipinski definition) is 6. The number of nitrogens with zero attached hydrogens (tertiary/aromatic N) is 1. The van der Waals surface area contributed by atoms with Crippen LogP contribution in [0.5, 0.6) is 11.5 Å². The third-order valence-corrected chi connectivity index (χ3v) is 4.48. The molecule has 0 spiro atoms. The van der Waals surface area contributed by atoms with Crippen LogP contribution in [0.25, 0.3) is 0 Å². The van der Waals surface area contributed by atoms with Gasteiger partial charge in [0.2, 0.25) is 5.91 Å². The standard InChI is InChI=1S/C15H19NO5S/c1-19-11-5-3-4-6-12(11)21-10-14-16(7-8-22-14)13(17)9-15(18)20-2/h3-6,14H,7-10H2,1-2H3. The molecule has 1 unspecified atom stereocenters. The molecule has 6 nitrogen and oxygen atoms in total. The van der Waals surface area contributed by atoms with Gasteiger partial charge in [-0.15, -0.1) is 11.8 Å². The number of hydrogen-bond donors (Lipinski definition) is 0. The molecule has 1 heterocycles. The number of para-hydroxylation sites is 2. The fourth-order valence-electron chi connectivity index (χ4n) is 2.14. The Balaban J connectivity index is 1.94. The highest BCUT2D eigenvalue weighted by molar-refractivity contribution is 8.00. The molecule has 1 amide bonds. The number of rotatable bonds is 6. The zero-order valence-electron chi connectivity index (χ0n) is 12.6. The molecule has 1 aromatic carbocycles. The van der Waals surface area contributed by atoms with Gasteiger partial charge in [-0.2, -0.15) is 0 Å². The molecule has 0 bridgehead atoms. The third kappa shape index (κ3) is 4.07. The summed E-state index contributed by atoms with van der Waals surface area (Å²) in [5.74, 6) is 1.36. The Bertz CT molecular complexity index is 536. The van der Waals surface area contributed by atoms with Crippen LogP contribution in [0.15, 0.2) is 24.3 Å². The summed E-state index contributed by atoms with van der Waals surface area (Å²) in [6.45, 7) is 0.957. The maximum absolute atomic E-state index is 12.1. The molecule has 0 aliphatic carbocycles. The average Bonchev–Trinajstić information content (AvgIpc) is 3.01. The molecule has 22 heavy (non-hydrogen) atoms. The Morgan fingerprint density at radius 3 is 2.68 bits per heavy atom. The Morgan fingerprint density at radius 2 is 2.00 bits per heavy atom. The maximum atomic E-state index is 12.1. The van der Waals surface area contributed by atoms with E-state index in [4.69, 9.17) is 9.47 Å². The van der Waals surface area contributed by atoms with Crippen LogP contribution in [0.2, 0.25) is 0 Å². The summed E-state index contributed by atoms with van der Waals surface area (Å²) in [6.07, 6.45) is -0.234. The van der Waals surface area contributed by atoms with Gasteiger partial charge >= 0.3 is 5.97 Å². The van der Waals surface area contributed by atoms with Crippen molar-refractivity contribution in [1.82, 2.24) is 4.90 Å². The summed E-state index contributed by atoms with van der Waals surface area (Å²) < 4.78 is 15.5. The third-order valence-electron chi connectivity index (χ3n) is 3.28. The fourth-order valence-corrected chi connectivity index (χ4v) is 3.28. The highest BCUT2D eigenvalue weighted by atomic mass is 32.2. The van der Waals surface area contributed by atoms with Crippen LogP contribution in [0.4, 0.5) is 0 Å². The van der Waals surface area contributed by atoms with Gasteiger partial charge in [0.25, 0.3) is 0 Å². The molecule has 1 saturated heterocycles. The van der Waals surface area contributed by atoms with Crippen molar-refractivity contribution in [2.75, 3.05) is 33.1 Å². The first-order valence-corrected chi connectivity index (χ1v) is 7.94. The van der Waals surface area contributed by atoms with E-state index >= 15 is 0 Å².